The van der Waals surface area contributed by atoms with Gasteiger partial charge in [0.25, 0.3) is 0 Å². The van der Waals surface area contributed by atoms with Gasteiger partial charge in [0.2, 0.25) is 5.91 Å². The summed E-state index contributed by atoms with van der Waals surface area (Å²) in [6.45, 7) is 4.16. The molecule has 0 bridgehead atoms. The van der Waals surface area contributed by atoms with Crippen LogP contribution >= 0.6 is 0 Å². The van der Waals surface area contributed by atoms with Gasteiger partial charge in [0.15, 0.2) is 0 Å². The van der Waals surface area contributed by atoms with Crippen molar-refractivity contribution in [3.05, 3.63) is 24.5 Å². The number of rotatable bonds is 4. The summed E-state index contributed by atoms with van der Waals surface area (Å²) in [6.07, 6.45) is 4.94. The third-order valence-corrected chi connectivity index (χ3v) is 2.18. The minimum atomic E-state index is 0.0624. The molecule has 3 heteroatoms. The van der Waals surface area contributed by atoms with Crippen molar-refractivity contribution < 1.29 is 4.79 Å². The van der Waals surface area contributed by atoms with Gasteiger partial charge in [-0.15, -0.1) is 0 Å². The first kappa shape index (κ1) is 10.7. The number of amides is 1. The van der Waals surface area contributed by atoms with Crippen LogP contribution in [0.5, 0.6) is 0 Å². The van der Waals surface area contributed by atoms with Crippen molar-refractivity contribution in [3.63, 3.8) is 0 Å². The molecule has 0 radical (unpaired) electrons. The van der Waals surface area contributed by atoms with E-state index in [-0.39, 0.29) is 5.91 Å². The molecule has 1 aromatic heterocycles. The smallest absolute Gasteiger partial charge is 0.224 e. The van der Waals surface area contributed by atoms with Crippen molar-refractivity contribution in [1.82, 2.24) is 4.98 Å². The Bertz CT molecular complexity index is 285. The predicted molar refractivity (Wildman–Crippen MR) is 56.9 cm³/mol. The Morgan fingerprint density at radius 1 is 1.64 bits per heavy atom. The molecule has 0 aromatic carbocycles. The quantitative estimate of drug-likeness (QED) is 0.796. The molecule has 1 amide bonds. The van der Waals surface area contributed by atoms with Crippen LogP contribution in [0.3, 0.4) is 0 Å². The number of pyridine rings is 1. The summed E-state index contributed by atoms with van der Waals surface area (Å²) in [4.78, 5) is 15.4. The van der Waals surface area contributed by atoms with Crippen molar-refractivity contribution in [2.24, 2.45) is 5.92 Å². The van der Waals surface area contributed by atoms with E-state index < -0.39 is 0 Å². The fraction of sp³-hybridized carbons (Fsp3) is 0.455. The van der Waals surface area contributed by atoms with Crippen LogP contribution < -0.4 is 5.32 Å². The highest BCUT2D eigenvalue weighted by Crippen LogP contribution is 2.09. The molecule has 0 aliphatic heterocycles. The second kappa shape index (κ2) is 5.37. The van der Waals surface area contributed by atoms with Gasteiger partial charge >= 0.3 is 0 Å². The van der Waals surface area contributed by atoms with Crippen LogP contribution in [0.15, 0.2) is 24.5 Å². The Morgan fingerprint density at radius 2 is 2.43 bits per heavy atom. The molecule has 14 heavy (non-hydrogen) atoms. The first-order valence-electron chi connectivity index (χ1n) is 4.92. The van der Waals surface area contributed by atoms with E-state index in [9.17, 15) is 4.79 Å². The molecule has 0 spiro atoms. The molecule has 0 fully saturated rings. The molecular formula is C11H16N2O. The number of hydrogen-bond acceptors (Lipinski definition) is 2. The van der Waals surface area contributed by atoms with Crippen LogP contribution in [0.1, 0.15) is 26.7 Å². The molecule has 3 nitrogen and oxygen atoms in total. The van der Waals surface area contributed by atoms with E-state index in [1.165, 1.54) is 0 Å². The maximum Gasteiger partial charge on any atom is 0.224 e. The summed E-state index contributed by atoms with van der Waals surface area (Å²) in [5.41, 5.74) is 0.765. The van der Waals surface area contributed by atoms with Crippen molar-refractivity contribution in [2.45, 2.75) is 26.7 Å². The summed E-state index contributed by atoms with van der Waals surface area (Å²) in [5.74, 6) is 0.499. The van der Waals surface area contributed by atoms with E-state index in [4.69, 9.17) is 0 Å². The molecule has 0 saturated carbocycles. The molecule has 1 heterocycles. The Morgan fingerprint density at radius 3 is 3.00 bits per heavy atom. The zero-order valence-corrected chi connectivity index (χ0v) is 8.66. The maximum absolute atomic E-state index is 11.4. The maximum atomic E-state index is 11.4. The van der Waals surface area contributed by atoms with Crippen LogP contribution in [-0.2, 0) is 4.79 Å². The molecule has 1 rings (SSSR count). The summed E-state index contributed by atoms with van der Waals surface area (Å²) in [5, 5.41) is 2.81. The third-order valence-electron chi connectivity index (χ3n) is 2.18. The van der Waals surface area contributed by atoms with Gasteiger partial charge in [-0.25, -0.2) is 0 Å². The number of carbonyl (C=O) groups is 1. The lowest BCUT2D eigenvalue weighted by molar-refractivity contribution is -0.117. The molecule has 1 N–H and O–H groups in total. The molecule has 1 atom stereocenters. The van der Waals surface area contributed by atoms with Gasteiger partial charge in [-0.1, -0.05) is 20.3 Å². The van der Waals surface area contributed by atoms with E-state index in [1.807, 2.05) is 6.07 Å². The monoisotopic (exact) mass is 192 g/mol. The second-order valence-electron chi connectivity index (χ2n) is 3.51. The standard InChI is InChI=1S/C11H16N2O/c1-3-9(2)7-11(14)13-10-5-4-6-12-8-10/h4-6,8-9H,3,7H2,1-2H3,(H,13,14). The Balaban J connectivity index is 2.42. The lowest BCUT2D eigenvalue weighted by Gasteiger charge is -2.08. The molecular weight excluding hydrogens is 176 g/mol. The average Bonchev–Trinajstić information content (AvgIpc) is 2.19. The highest BCUT2D eigenvalue weighted by atomic mass is 16.1. The largest absolute Gasteiger partial charge is 0.325 e. The van der Waals surface area contributed by atoms with Crippen LogP contribution in [0.25, 0.3) is 0 Å². The normalized spacial score (nSPS) is 12.1. The fourth-order valence-corrected chi connectivity index (χ4v) is 1.11. The van der Waals surface area contributed by atoms with Gasteiger partial charge in [0.1, 0.15) is 0 Å². The lowest BCUT2D eigenvalue weighted by atomic mass is 10.1. The number of nitrogens with one attached hydrogen (secondary N) is 1. The Hall–Kier alpha value is -1.38. The molecule has 0 aliphatic rings. The zero-order chi connectivity index (χ0) is 10.4. The van der Waals surface area contributed by atoms with E-state index >= 15 is 0 Å². The number of nitrogens with zero attached hydrogens (tertiary/aromatic N) is 1. The second-order valence-corrected chi connectivity index (χ2v) is 3.51. The van der Waals surface area contributed by atoms with Gasteiger partial charge in [-0.2, -0.15) is 0 Å². The van der Waals surface area contributed by atoms with Gasteiger partial charge < -0.3 is 5.32 Å². The van der Waals surface area contributed by atoms with E-state index in [1.54, 1.807) is 18.5 Å². The van der Waals surface area contributed by atoms with Crippen molar-refractivity contribution in [2.75, 3.05) is 5.32 Å². The fourth-order valence-electron chi connectivity index (χ4n) is 1.11. The molecule has 0 aliphatic carbocycles. The minimum absolute atomic E-state index is 0.0624. The van der Waals surface area contributed by atoms with E-state index in [0.29, 0.717) is 12.3 Å². The van der Waals surface area contributed by atoms with Crippen molar-refractivity contribution in [3.8, 4) is 0 Å². The van der Waals surface area contributed by atoms with Crippen LogP contribution in [0, 0.1) is 5.92 Å². The summed E-state index contributed by atoms with van der Waals surface area (Å²) < 4.78 is 0. The van der Waals surface area contributed by atoms with Crippen LogP contribution in [-0.4, -0.2) is 10.9 Å². The Kier molecular flexibility index (Phi) is 4.11. The van der Waals surface area contributed by atoms with Gasteiger partial charge in [0.05, 0.1) is 11.9 Å². The first-order valence-corrected chi connectivity index (χ1v) is 4.92. The molecule has 76 valence electrons. The van der Waals surface area contributed by atoms with Gasteiger partial charge in [-0.05, 0) is 18.1 Å². The SMILES string of the molecule is CCC(C)CC(=O)Nc1cccnc1. The minimum Gasteiger partial charge on any atom is -0.325 e. The number of carbonyl (C=O) groups excluding carboxylic acids is 1. The number of hydrogen-bond donors (Lipinski definition) is 1. The number of aromatic nitrogens is 1. The predicted octanol–water partition coefficient (Wildman–Crippen LogP) is 2.46. The van der Waals surface area contributed by atoms with Crippen molar-refractivity contribution in [1.29, 1.82) is 0 Å². The summed E-state index contributed by atoms with van der Waals surface area (Å²) in [6, 6.07) is 3.64. The first-order chi connectivity index (χ1) is 6.72. The highest BCUT2D eigenvalue weighted by Gasteiger charge is 2.06. The molecule has 1 unspecified atom stereocenters. The topological polar surface area (TPSA) is 42.0 Å². The Labute approximate surface area is 84.6 Å². The van der Waals surface area contributed by atoms with Crippen LogP contribution in [0.2, 0.25) is 0 Å². The van der Waals surface area contributed by atoms with E-state index in [0.717, 1.165) is 12.1 Å². The van der Waals surface area contributed by atoms with Crippen molar-refractivity contribution >= 4 is 11.6 Å². The lowest BCUT2D eigenvalue weighted by Crippen LogP contribution is -2.14. The summed E-state index contributed by atoms with van der Waals surface area (Å²) in [7, 11) is 0. The molecule has 0 saturated heterocycles. The average molecular weight is 192 g/mol. The summed E-state index contributed by atoms with van der Waals surface area (Å²) >= 11 is 0. The molecule has 1 aromatic rings. The third kappa shape index (κ3) is 3.56. The van der Waals surface area contributed by atoms with Gasteiger partial charge in [-0.3, -0.25) is 9.78 Å². The number of anilines is 1. The zero-order valence-electron chi connectivity index (χ0n) is 8.66. The van der Waals surface area contributed by atoms with Crippen LogP contribution in [0.4, 0.5) is 5.69 Å². The van der Waals surface area contributed by atoms with Gasteiger partial charge in [0, 0.05) is 12.6 Å². The van der Waals surface area contributed by atoms with E-state index in [2.05, 4.69) is 24.1 Å². The highest BCUT2D eigenvalue weighted by molar-refractivity contribution is 5.90.